The van der Waals surface area contributed by atoms with Gasteiger partial charge in [0.2, 0.25) is 5.91 Å². The summed E-state index contributed by atoms with van der Waals surface area (Å²) < 4.78 is 5.10. The van der Waals surface area contributed by atoms with E-state index in [1.807, 2.05) is 31.1 Å². The predicted molar refractivity (Wildman–Crippen MR) is 86.5 cm³/mol. The largest absolute Gasteiger partial charge is 0.497 e. The number of likely N-dealkylation sites (tertiary alicyclic amines) is 1. The Labute approximate surface area is 136 Å². The van der Waals surface area contributed by atoms with E-state index in [9.17, 15) is 14.7 Å². The molecule has 2 rings (SSSR count). The van der Waals surface area contributed by atoms with Crippen molar-refractivity contribution in [3.05, 3.63) is 29.8 Å². The van der Waals surface area contributed by atoms with Gasteiger partial charge in [0.15, 0.2) is 0 Å². The standard InChI is InChI=1S/C17H24N2O4/c1-18(2)13-8-9-19(15(11-13)17(21)22)16(20)10-12-4-6-14(23-3)7-5-12/h4-7,13,15H,8-11H2,1-3H3,(H,21,22)/t13-,15-/m1/s1. The molecule has 2 atom stereocenters. The second-order valence-corrected chi connectivity index (χ2v) is 6.11. The third-order valence-corrected chi connectivity index (χ3v) is 4.42. The van der Waals surface area contributed by atoms with Crippen LogP contribution in [0.5, 0.6) is 5.75 Å². The van der Waals surface area contributed by atoms with Crippen molar-refractivity contribution in [1.29, 1.82) is 0 Å². The molecule has 1 aromatic carbocycles. The molecule has 126 valence electrons. The van der Waals surface area contributed by atoms with E-state index in [1.165, 1.54) is 4.90 Å². The van der Waals surface area contributed by atoms with Crippen molar-refractivity contribution in [3.63, 3.8) is 0 Å². The van der Waals surface area contributed by atoms with E-state index in [2.05, 4.69) is 0 Å². The van der Waals surface area contributed by atoms with Gasteiger partial charge in [-0.3, -0.25) is 4.79 Å². The molecule has 1 aromatic rings. The maximum absolute atomic E-state index is 12.5. The number of hydrogen-bond donors (Lipinski definition) is 1. The number of amides is 1. The van der Waals surface area contributed by atoms with E-state index in [-0.39, 0.29) is 18.4 Å². The number of hydrogen-bond acceptors (Lipinski definition) is 4. The molecule has 0 radical (unpaired) electrons. The molecular weight excluding hydrogens is 296 g/mol. The Morgan fingerprint density at radius 1 is 1.30 bits per heavy atom. The Bertz CT molecular complexity index is 556. The van der Waals surface area contributed by atoms with Crippen molar-refractivity contribution in [2.24, 2.45) is 0 Å². The fourth-order valence-corrected chi connectivity index (χ4v) is 2.97. The zero-order valence-electron chi connectivity index (χ0n) is 13.9. The average Bonchev–Trinajstić information content (AvgIpc) is 2.54. The number of carbonyl (C=O) groups excluding carboxylic acids is 1. The van der Waals surface area contributed by atoms with Crippen LogP contribution in [0.25, 0.3) is 0 Å². The third kappa shape index (κ3) is 4.22. The summed E-state index contributed by atoms with van der Waals surface area (Å²) in [7, 11) is 5.48. The summed E-state index contributed by atoms with van der Waals surface area (Å²) >= 11 is 0. The first kappa shape index (κ1) is 17.3. The zero-order chi connectivity index (χ0) is 17.0. The van der Waals surface area contributed by atoms with Gasteiger partial charge in [0.1, 0.15) is 11.8 Å². The van der Waals surface area contributed by atoms with Gasteiger partial charge < -0.3 is 19.6 Å². The molecule has 6 heteroatoms. The highest BCUT2D eigenvalue weighted by molar-refractivity contribution is 5.85. The average molecular weight is 320 g/mol. The Balaban J connectivity index is 2.05. The van der Waals surface area contributed by atoms with Crippen LogP contribution in [0.3, 0.4) is 0 Å². The van der Waals surface area contributed by atoms with Crippen LogP contribution in [0.2, 0.25) is 0 Å². The zero-order valence-corrected chi connectivity index (χ0v) is 13.9. The van der Waals surface area contributed by atoms with Crippen LogP contribution in [0.4, 0.5) is 0 Å². The van der Waals surface area contributed by atoms with E-state index >= 15 is 0 Å². The minimum atomic E-state index is -0.931. The second-order valence-electron chi connectivity index (χ2n) is 6.11. The highest BCUT2D eigenvalue weighted by Gasteiger charge is 2.36. The molecule has 1 saturated heterocycles. The molecule has 1 fully saturated rings. The Morgan fingerprint density at radius 2 is 1.96 bits per heavy atom. The van der Waals surface area contributed by atoms with Crippen LogP contribution >= 0.6 is 0 Å². The lowest BCUT2D eigenvalue weighted by molar-refractivity contribution is -0.153. The number of carboxylic acids is 1. The first-order chi connectivity index (χ1) is 10.9. The number of ether oxygens (including phenoxy) is 1. The Hall–Kier alpha value is -2.08. The molecule has 23 heavy (non-hydrogen) atoms. The fraction of sp³-hybridized carbons (Fsp3) is 0.529. The summed E-state index contributed by atoms with van der Waals surface area (Å²) in [5, 5.41) is 9.46. The monoisotopic (exact) mass is 320 g/mol. The van der Waals surface area contributed by atoms with Gasteiger partial charge in [-0.1, -0.05) is 12.1 Å². The highest BCUT2D eigenvalue weighted by atomic mass is 16.5. The second kappa shape index (κ2) is 7.46. The summed E-state index contributed by atoms with van der Waals surface area (Å²) in [5.41, 5.74) is 0.856. The van der Waals surface area contributed by atoms with Gasteiger partial charge in [-0.05, 0) is 44.6 Å². The van der Waals surface area contributed by atoms with Gasteiger partial charge in [0.25, 0.3) is 0 Å². The summed E-state index contributed by atoms with van der Waals surface area (Å²) in [6.07, 6.45) is 1.47. The topological polar surface area (TPSA) is 70.1 Å². The first-order valence-corrected chi connectivity index (χ1v) is 7.74. The van der Waals surface area contributed by atoms with Gasteiger partial charge in [-0.2, -0.15) is 0 Å². The molecule has 0 bridgehead atoms. The molecule has 0 aromatic heterocycles. The van der Waals surface area contributed by atoms with Crippen LogP contribution in [0.1, 0.15) is 18.4 Å². The molecule has 1 aliphatic heterocycles. The molecular formula is C17H24N2O4. The van der Waals surface area contributed by atoms with Gasteiger partial charge in [0.05, 0.1) is 13.5 Å². The van der Waals surface area contributed by atoms with Crippen LogP contribution in [-0.4, -0.2) is 66.6 Å². The van der Waals surface area contributed by atoms with Crippen molar-refractivity contribution < 1.29 is 19.4 Å². The van der Waals surface area contributed by atoms with Gasteiger partial charge in [-0.25, -0.2) is 4.79 Å². The van der Waals surface area contributed by atoms with Crippen LogP contribution < -0.4 is 4.74 Å². The normalized spacial score (nSPS) is 21.3. The molecule has 0 spiro atoms. The van der Waals surface area contributed by atoms with Gasteiger partial charge >= 0.3 is 5.97 Å². The number of nitrogens with zero attached hydrogens (tertiary/aromatic N) is 2. The molecule has 0 unspecified atom stereocenters. The van der Waals surface area contributed by atoms with Gasteiger partial charge in [-0.15, -0.1) is 0 Å². The number of rotatable bonds is 5. The lowest BCUT2D eigenvalue weighted by Gasteiger charge is -2.39. The number of aliphatic carboxylic acids is 1. The molecule has 1 aliphatic rings. The SMILES string of the molecule is COc1ccc(CC(=O)N2CC[C@@H](N(C)C)C[C@@H]2C(=O)O)cc1. The molecule has 1 heterocycles. The smallest absolute Gasteiger partial charge is 0.326 e. The summed E-state index contributed by atoms with van der Waals surface area (Å²) in [4.78, 5) is 27.6. The molecule has 1 N–H and O–H groups in total. The summed E-state index contributed by atoms with van der Waals surface area (Å²) in [5.74, 6) is -0.337. The number of benzene rings is 1. The molecule has 6 nitrogen and oxygen atoms in total. The minimum Gasteiger partial charge on any atom is -0.497 e. The fourth-order valence-electron chi connectivity index (χ4n) is 2.97. The van der Waals surface area contributed by atoms with Crippen molar-refractivity contribution >= 4 is 11.9 Å². The number of methoxy groups -OCH3 is 1. The minimum absolute atomic E-state index is 0.139. The summed E-state index contributed by atoms with van der Waals surface area (Å²) in [6, 6.07) is 6.71. The van der Waals surface area contributed by atoms with Crippen molar-refractivity contribution in [2.45, 2.75) is 31.3 Å². The predicted octanol–water partition coefficient (Wildman–Crippen LogP) is 1.24. The lowest BCUT2D eigenvalue weighted by Crippen LogP contribution is -2.54. The molecule has 1 amide bonds. The van der Waals surface area contributed by atoms with E-state index in [1.54, 1.807) is 19.2 Å². The van der Waals surface area contributed by atoms with Crippen LogP contribution in [0.15, 0.2) is 24.3 Å². The van der Waals surface area contributed by atoms with Crippen molar-refractivity contribution in [2.75, 3.05) is 27.7 Å². The Morgan fingerprint density at radius 3 is 2.48 bits per heavy atom. The molecule has 0 saturated carbocycles. The quantitative estimate of drug-likeness (QED) is 0.884. The van der Waals surface area contributed by atoms with Gasteiger partial charge in [0, 0.05) is 12.6 Å². The van der Waals surface area contributed by atoms with E-state index < -0.39 is 12.0 Å². The third-order valence-electron chi connectivity index (χ3n) is 4.42. The maximum Gasteiger partial charge on any atom is 0.326 e. The van der Waals surface area contributed by atoms with E-state index in [4.69, 9.17) is 4.74 Å². The Kier molecular flexibility index (Phi) is 5.60. The van der Waals surface area contributed by atoms with E-state index in [0.29, 0.717) is 13.0 Å². The van der Waals surface area contributed by atoms with Crippen molar-refractivity contribution in [3.8, 4) is 5.75 Å². The highest BCUT2D eigenvalue weighted by Crippen LogP contribution is 2.22. The maximum atomic E-state index is 12.5. The van der Waals surface area contributed by atoms with Crippen LogP contribution in [0, 0.1) is 0 Å². The first-order valence-electron chi connectivity index (χ1n) is 7.74. The number of carbonyl (C=O) groups is 2. The lowest BCUT2D eigenvalue weighted by atomic mass is 9.95. The number of piperidine rings is 1. The number of carboxylic acid groups (broad SMARTS) is 1. The van der Waals surface area contributed by atoms with Crippen LogP contribution in [-0.2, 0) is 16.0 Å². The summed E-state index contributed by atoms with van der Waals surface area (Å²) in [6.45, 7) is 0.481. The molecule has 0 aliphatic carbocycles. The van der Waals surface area contributed by atoms with Crippen molar-refractivity contribution in [1.82, 2.24) is 9.80 Å². The van der Waals surface area contributed by atoms with E-state index in [0.717, 1.165) is 17.7 Å².